The minimum Gasteiger partial charge on any atom is -0.384 e. The number of nitrogens with one attached hydrogen (secondary N) is 1. The molecule has 1 aromatic carbocycles. The van der Waals surface area contributed by atoms with Gasteiger partial charge in [0.15, 0.2) is 0 Å². The van der Waals surface area contributed by atoms with Gasteiger partial charge in [0.25, 0.3) is 0 Å². The van der Waals surface area contributed by atoms with E-state index < -0.39 is 0 Å². The molecule has 110 valence electrons. The van der Waals surface area contributed by atoms with Crippen molar-refractivity contribution in [1.82, 2.24) is 9.88 Å². The van der Waals surface area contributed by atoms with Crippen LogP contribution < -0.4 is 10.6 Å². The normalized spacial score (nSPS) is 16.3. The van der Waals surface area contributed by atoms with Gasteiger partial charge in [0.05, 0.1) is 11.1 Å². The summed E-state index contributed by atoms with van der Waals surface area (Å²) in [5.41, 5.74) is 7.46. The van der Waals surface area contributed by atoms with Crippen LogP contribution in [0.3, 0.4) is 0 Å². The molecule has 1 aromatic heterocycles. The molecule has 3 rings (SSSR count). The molecular weight excluding hydrogens is 262 g/mol. The lowest BCUT2D eigenvalue weighted by Gasteiger charge is -2.35. The van der Waals surface area contributed by atoms with Crippen LogP contribution in [0.15, 0.2) is 30.3 Å². The lowest BCUT2D eigenvalue weighted by Crippen LogP contribution is -2.47. The number of nitrogens with two attached hydrogens (primary N) is 1. The van der Waals surface area contributed by atoms with Crippen LogP contribution in [0.4, 0.5) is 5.82 Å². The van der Waals surface area contributed by atoms with Gasteiger partial charge in [-0.2, -0.15) is 0 Å². The van der Waals surface area contributed by atoms with E-state index in [1.807, 2.05) is 30.3 Å². The first kappa shape index (κ1) is 13.8. The molecule has 0 unspecified atom stereocenters. The van der Waals surface area contributed by atoms with Crippen molar-refractivity contribution >= 4 is 22.6 Å². The Bertz CT molecular complexity index is 659. The first-order valence-electron chi connectivity index (χ1n) is 7.40. The number of para-hydroxylation sites is 1. The van der Waals surface area contributed by atoms with Gasteiger partial charge in [-0.3, -0.25) is 5.41 Å². The van der Waals surface area contributed by atoms with E-state index in [-0.39, 0.29) is 5.84 Å². The van der Waals surface area contributed by atoms with Gasteiger partial charge in [-0.15, -0.1) is 0 Å². The highest BCUT2D eigenvalue weighted by atomic mass is 15.3. The summed E-state index contributed by atoms with van der Waals surface area (Å²) in [5.74, 6) is 0.929. The summed E-state index contributed by atoms with van der Waals surface area (Å²) in [6.07, 6.45) is 0. The number of anilines is 1. The summed E-state index contributed by atoms with van der Waals surface area (Å²) in [5, 5.41) is 8.87. The predicted octanol–water partition coefficient (Wildman–Crippen LogP) is 1.66. The number of hydrogen-bond donors (Lipinski definition) is 2. The summed E-state index contributed by atoms with van der Waals surface area (Å²) in [6.45, 7) is 7.19. The average molecular weight is 283 g/mol. The van der Waals surface area contributed by atoms with E-state index in [4.69, 9.17) is 16.1 Å². The molecule has 0 aliphatic carbocycles. The molecule has 3 N–H and O–H groups in total. The van der Waals surface area contributed by atoms with E-state index >= 15 is 0 Å². The summed E-state index contributed by atoms with van der Waals surface area (Å²) in [7, 11) is 0. The Balaban J connectivity index is 2.00. The number of nitrogen functional groups attached to an aromatic ring is 1. The Morgan fingerprint density at radius 1 is 1.24 bits per heavy atom. The maximum atomic E-state index is 7.85. The van der Waals surface area contributed by atoms with Gasteiger partial charge in [-0.1, -0.05) is 25.1 Å². The fraction of sp³-hybridized carbons (Fsp3) is 0.375. The molecular formula is C16H21N5. The number of hydrogen-bond acceptors (Lipinski definition) is 4. The molecule has 21 heavy (non-hydrogen) atoms. The number of amidine groups is 1. The second-order valence-corrected chi connectivity index (χ2v) is 5.39. The zero-order chi connectivity index (χ0) is 14.8. The molecule has 5 heteroatoms. The van der Waals surface area contributed by atoms with E-state index in [2.05, 4.69) is 16.7 Å². The summed E-state index contributed by atoms with van der Waals surface area (Å²) in [6, 6.07) is 9.96. The van der Waals surface area contributed by atoms with Crippen LogP contribution in [0.2, 0.25) is 0 Å². The largest absolute Gasteiger partial charge is 0.384 e. The van der Waals surface area contributed by atoms with Crippen molar-refractivity contribution in [1.29, 1.82) is 5.41 Å². The fourth-order valence-corrected chi connectivity index (χ4v) is 2.82. The molecule has 0 amide bonds. The molecule has 0 radical (unpaired) electrons. The van der Waals surface area contributed by atoms with Crippen LogP contribution in [0.1, 0.15) is 12.5 Å². The third-order valence-electron chi connectivity index (χ3n) is 4.11. The van der Waals surface area contributed by atoms with Crippen LogP contribution >= 0.6 is 0 Å². The van der Waals surface area contributed by atoms with Gasteiger partial charge < -0.3 is 15.5 Å². The Hall–Kier alpha value is -2.14. The van der Waals surface area contributed by atoms with Crippen molar-refractivity contribution in [2.24, 2.45) is 5.73 Å². The predicted molar refractivity (Wildman–Crippen MR) is 87.1 cm³/mol. The standard InChI is InChI=1S/C16H21N5/c1-2-20-7-9-21(10-8-20)16-13(15(17)18)11-12-5-3-4-6-14(12)19-16/h3-6,11H,2,7-10H2,1H3,(H3,17,18). The van der Waals surface area contributed by atoms with Crippen molar-refractivity contribution in [2.45, 2.75) is 6.92 Å². The van der Waals surface area contributed by atoms with E-state index in [0.29, 0.717) is 0 Å². The van der Waals surface area contributed by atoms with Crippen molar-refractivity contribution in [3.63, 3.8) is 0 Å². The number of aromatic nitrogens is 1. The Morgan fingerprint density at radius 2 is 1.95 bits per heavy atom. The lowest BCUT2D eigenvalue weighted by atomic mass is 10.1. The van der Waals surface area contributed by atoms with Gasteiger partial charge in [0.2, 0.25) is 0 Å². The van der Waals surface area contributed by atoms with E-state index in [1.165, 1.54) is 0 Å². The number of nitrogens with zero attached hydrogens (tertiary/aromatic N) is 3. The number of fused-ring (bicyclic) bond motifs is 1. The highest BCUT2D eigenvalue weighted by Crippen LogP contribution is 2.24. The summed E-state index contributed by atoms with van der Waals surface area (Å²) >= 11 is 0. The van der Waals surface area contributed by atoms with Crippen molar-refractivity contribution in [3.05, 3.63) is 35.9 Å². The monoisotopic (exact) mass is 283 g/mol. The zero-order valence-corrected chi connectivity index (χ0v) is 12.3. The highest BCUT2D eigenvalue weighted by Gasteiger charge is 2.20. The Morgan fingerprint density at radius 3 is 2.62 bits per heavy atom. The van der Waals surface area contributed by atoms with Crippen LogP contribution in [0, 0.1) is 5.41 Å². The molecule has 1 saturated heterocycles. The van der Waals surface area contributed by atoms with Crippen molar-refractivity contribution in [3.8, 4) is 0 Å². The number of likely N-dealkylation sites (N-methyl/N-ethyl adjacent to an activating group) is 1. The smallest absolute Gasteiger partial charge is 0.140 e. The maximum Gasteiger partial charge on any atom is 0.140 e. The number of pyridine rings is 1. The second kappa shape index (κ2) is 5.69. The molecule has 0 spiro atoms. The fourth-order valence-electron chi connectivity index (χ4n) is 2.82. The third-order valence-corrected chi connectivity index (χ3v) is 4.11. The molecule has 5 nitrogen and oxygen atoms in total. The molecule has 1 aliphatic rings. The SMILES string of the molecule is CCN1CCN(c2nc3ccccc3cc2C(=N)N)CC1. The molecule has 2 heterocycles. The number of benzene rings is 1. The van der Waals surface area contributed by atoms with Gasteiger partial charge in [-0.05, 0) is 18.7 Å². The third kappa shape index (κ3) is 2.69. The molecule has 0 atom stereocenters. The van der Waals surface area contributed by atoms with Gasteiger partial charge in [-0.25, -0.2) is 4.98 Å². The average Bonchev–Trinajstić information content (AvgIpc) is 2.53. The first-order valence-corrected chi connectivity index (χ1v) is 7.40. The number of piperazine rings is 1. The molecule has 1 aliphatic heterocycles. The second-order valence-electron chi connectivity index (χ2n) is 5.39. The summed E-state index contributed by atoms with van der Waals surface area (Å²) in [4.78, 5) is 9.42. The lowest BCUT2D eigenvalue weighted by molar-refractivity contribution is 0.270. The van der Waals surface area contributed by atoms with Crippen molar-refractivity contribution < 1.29 is 0 Å². The van der Waals surface area contributed by atoms with E-state index in [9.17, 15) is 0 Å². The Labute approximate surface area is 124 Å². The van der Waals surface area contributed by atoms with Crippen LogP contribution in [-0.2, 0) is 0 Å². The molecule has 1 fully saturated rings. The molecule has 2 aromatic rings. The number of rotatable bonds is 3. The quantitative estimate of drug-likeness (QED) is 0.664. The van der Waals surface area contributed by atoms with Crippen LogP contribution in [0.5, 0.6) is 0 Å². The molecule has 0 saturated carbocycles. The topological polar surface area (TPSA) is 69.2 Å². The summed E-state index contributed by atoms with van der Waals surface area (Å²) < 4.78 is 0. The van der Waals surface area contributed by atoms with Gasteiger partial charge >= 0.3 is 0 Å². The van der Waals surface area contributed by atoms with Gasteiger partial charge in [0, 0.05) is 31.6 Å². The van der Waals surface area contributed by atoms with E-state index in [1.54, 1.807) is 0 Å². The van der Waals surface area contributed by atoms with E-state index in [0.717, 1.165) is 55.0 Å². The first-order chi connectivity index (χ1) is 10.2. The van der Waals surface area contributed by atoms with Crippen LogP contribution in [0.25, 0.3) is 10.9 Å². The maximum absolute atomic E-state index is 7.85. The van der Waals surface area contributed by atoms with Gasteiger partial charge in [0.1, 0.15) is 11.7 Å². The highest BCUT2D eigenvalue weighted by molar-refractivity contribution is 6.03. The minimum absolute atomic E-state index is 0.0844. The van der Waals surface area contributed by atoms with Crippen molar-refractivity contribution in [2.75, 3.05) is 37.6 Å². The minimum atomic E-state index is 0.0844. The molecule has 0 bridgehead atoms. The van der Waals surface area contributed by atoms with Crippen LogP contribution in [-0.4, -0.2) is 48.4 Å². The Kier molecular flexibility index (Phi) is 3.75. The zero-order valence-electron chi connectivity index (χ0n) is 12.3.